The van der Waals surface area contributed by atoms with E-state index in [9.17, 15) is 4.79 Å². The highest BCUT2D eigenvalue weighted by Gasteiger charge is 2.16. The van der Waals surface area contributed by atoms with Crippen LogP contribution in [-0.4, -0.2) is 36.1 Å². The third-order valence-electron chi connectivity index (χ3n) is 3.21. The smallest absolute Gasteiger partial charge is 0.254 e. The highest BCUT2D eigenvalue weighted by molar-refractivity contribution is 5.94. The molecule has 0 aliphatic rings. The summed E-state index contributed by atoms with van der Waals surface area (Å²) in [7, 11) is 1.60. The van der Waals surface area contributed by atoms with Crippen LogP contribution in [0, 0.1) is 11.3 Å². The molecule has 0 N–H and O–H groups in total. The summed E-state index contributed by atoms with van der Waals surface area (Å²) in [6, 6.07) is 12.5. The molecule has 2 rings (SSSR count). The average molecular weight is 295 g/mol. The van der Waals surface area contributed by atoms with Gasteiger partial charge in [0.1, 0.15) is 0 Å². The summed E-state index contributed by atoms with van der Waals surface area (Å²) in [4.78, 5) is 18.3. The monoisotopic (exact) mass is 295 g/mol. The lowest BCUT2D eigenvalue weighted by atomic mass is 10.1. The van der Waals surface area contributed by atoms with Gasteiger partial charge in [0.25, 0.3) is 5.91 Å². The van der Waals surface area contributed by atoms with E-state index in [0.717, 1.165) is 5.56 Å². The van der Waals surface area contributed by atoms with Crippen LogP contribution in [0.2, 0.25) is 0 Å². The topological polar surface area (TPSA) is 66.2 Å². The van der Waals surface area contributed by atoms with Crippen LogP contribution in [0.25, 0.3) is 0 Å². The Balaban J connectivity index is 2.20. The number of pyridine rings is 1. The first-order valence-corrected chi connectivity index (χ1v) is 6.92. The Kier molecular flexibility index (Phi) is 5.64. The van der Waals surface area contributed by atoms with E-state index in [0.29, 0.717) is 30.8 Å². The molecular formula is C17H17N3O2. The number of nitriles is 1. The van der Waals surface area contributed by atoms with Gasteiger partial charge in [-0.2, -0.15) is 5.26 Å². The number of nitrogens with zero attached hydrogens (tertiary/aromatic N) is 3. The minimum atomic E-state index is -0.119. The van der Waals surface area contributed by atoms with E-state index in [1.54, 1.807) is 48.7 Å². The van der Waals surface area contributed by atoms with Gasteiger partial charge < -0.3 is 9.64 Å². The Morgan fingerprint density at radius 1 is 1.32 bits per heavy atom. The first kappa shape index (κ1) is 15.7. The van der Waals surface area contributed by atoms with Gasteiger partial charge in [0.2, 0.25) is 0 Å². The zero-order valence-corrected chi connectivity index (χ0v) is 12.4. The van der Waals surface area contributed by atoms with Gasteiger partial charge in [-0.1, -0.05) is 6.07 Å². The molecule has 0 atom stereocenters. The molecule has 0 saturated carbocycles. The van der Waals surface area contributed by atoms with Crippen molar-refractivity contribution in [1.29, 1.82) is 5.26 Å². The third-order valence-corrected chi connectivity index (χ3v) is 3.21. The molecule has 0 fully saturated rings. The van der Waals surface area contributed by atoms with E-state index in [1.807, 2.05) is 12.1 Å². The number of rotatable bonds is 6. The molecule has 5 nitrogen and oxygen atoms in total. The molecule has 22 heavy (non-hydrogen) atoms. The van der Waals surface area contributed by atoms with E-state index in [-0.39, 0.29) is 5.91 Å². The van der Waals surface area contributed by atoms with Gasteiger partial charge in [-0.15, -0.1) is 0 Å². The lowest BCUT2D eigenvalue weighted by Crippen LogP contribution is -2.33. The molecule has 1 aromatic carbocycles. The minimum Gasteiger partial charge on any atom is -0.383 e. The zero-order chi connectivity index (χ0) is 15.8. The van der Waals surface area contributed by atoms with Crippen molar-refractivity contribution in [2.75, 3.05) is 20.3 Å². The van der Waals surface area contributed by atoms with Crippen LogP contribution in [0.15, 0.2) is 48.8 Å². The zero-order valence-electron chi connectivity index (χ0n) is 12.4. The van der Waals surface area contributed by atoms with Gasteiger partial charge in [0.05, 0.1) is 18.2 Å². The van der Waals surface area contributed by atoms with Crippen LogP contribution in [-0.2, 0) is 11.3 Å². The van der Waals surface area contributed by atoms with Gasteiger partial charge in [-0.05, 0) is 35.9 Å². The molecule has 2 aromatic rings. The van der Waals surface area contributed by atoms with Gasteiger partial charge in [0.15, 0.2) is 0 Å². The molecule has 0 bridgehead atoms. The number of methoxy groups -OCH3 is 1. The number of aromatic nitrogens is 1. The van der Waals surface area contributed by atoms with E-state index in [1.165, 1.54) is 0 Å². The molecule has 112 valence electrons. The van der Waals surface area contributed by atoms with Crippen molar-refractivity contribution in [1.82, 2.24) is 9.88 Å². The lowest BCUT2D eigenvalue weighted by molar-refractivity contribution is 0.0680. The van der Waals surface area contributed by atoms with Gasteiger partial charge >= 0.3 is 0 Å². The second-order valence-electron chi connectivity index (χ2n) is 4.77. The van der Waals surface area contributed by atoms with E-state index >= 15 is 0 Å². The molecule has 5 heteroatoms. The molecule has 1 heterocycles. The fraction of sp³-hybridized carbons (Fsp3) is 0.235. The molecular weight excluding hydrogens is 278 g/mol. The maximum atomic E-state index is 12.7. The lowest BCUT2D eigenvalue weighted by Gasteiger charge is -2.22. The van der Waals surface area contributed by atoms with Crippen molar-refractivity contribution in [3.63, 3.8) is 0 Å². The van der Waals surface area contributed by atoms with Gasteiger partial charge in [0, 0.05) is 38.2 Å². The van der Waals surface area contributed by atoms with Crippen molar-refractivity contribution >= 4 is 5.91 Å². The second-order valence-corrected chi connectivity index (χ2v) is 4.77. The number of amides is 1. The fourth-order valence-corrected chi connectivity index (χ4v) is 2.07. The molecule has 0 aliphatic carbocycles. The Labute approximate surface area is 129 Å². The third kappa shape index (κ3) is 4.14. The maximum absolute atomic E-state index is 12.7. The highest BCUT2D eigenvalue weighted by Crippen LogP contribution is 2.11. The molecule has 1 aromatic heterocycles. The summed E-state index contributed by atoms with van der Waals surface area (Å²) < 4.78 is 5.08. The van der Waals surface area contributed by atoms with Crippen LogP contribution < -0.4 is 0 Å². The molecule has 0 spiro atoms. The number of ether oxygens (including phenoxy) is 1. The number of carbonyl (C=O) groups excluding carboxylic acids is 1. The molecule has 1 amide bonds. The minimum absolute atomic E-state index is 0.119. The van der Waals surface area contributed by atoms with Gasteiger partial charge in [-0.3, -0.25) is 9.78 Å². The molecule has 0 saturated heterocycles. The van der Waals surface area contributed by atoms with Crippen LogP contribution in [0.1, 0.15) is 21.5 Å². The summed E-state index contributed by atoms with van der Waals surface area (Å²) in [5.41, 5.74) is 1.97. The van der Waals surface area contributed by atoms with Crippen molar-refractivity contribution < 1.29 is 9.53 Å². The van der Waals surface area contributed by atoms with Crippen molar-refractivity contribution in [3.8, 4) is 6.07 Å². The van der Waals surface area contributed by atoms with E-state index < -0.39 is 0 Å². The molecule has 0 radical (unpaired) electrons. The van der Waals surface area contributed by atoms with Crippen molar-refractivity contribution in [2.24, 2.45) is 0 Å². The Morgan fingerprint density at radius 3 is 2.77 bits per heavy atom. The summed E-state index contributed by atoms with van der Waals surface area (Å²) in [6.07, 6.45) is 3.40. The first-order chi connectivity index (χ1) is 10.7. The fourth-order valence-electron chi connectivity index (χ4n) is 2.07. The van der Waals surface area contributed by atoms with Crippen LogP contribution in [0.5, 0.6) is 0 Å². The summed E-state index contributed by atoms with van der Waals surface area (Å²) in [5.74, 6) is -0.119. The molecule has 0 aliphatic heterocycles. The number of hydrogen-bond donors (Lipinski definition) is 0. The summed E-state index contributed by atoms with van der Waals surface area (Å²) in [6.45, 7) is 1.41. The standard InChI is InChI=1S/C17H17N3O2/c1-22-10-9-20(13-14-5-7-19-8-6-14)17(21)16-4-2-3-15(11-16)12-18/h2-8,11H,9-10,13H2,1H3. The number of benzene rings is 1. The number of carbonyl (C=O) groups is 1. The maximum Gasteiger partial charge on any atom is 0.254 e. The van der Waals surface area contributed by atoms with Crippen LogP contribution >= 0.6 is 0 Å². The SMILES string of the molecule is COCCN(Cc1ccncc1)C(=O)c1cccc(C#N)c1. The summed E-state index contributed by atoms with van der Waals surface area (Å²) in [5, 5.41) is 8.96. The molecule has 0 unspecified atom stereocenters. The largest absolute Gasteiger partial charge is 0.383 e. The highest BCUT2D eigenvalue weighted by atomic mass is 16.5. The average Bonchev–Trinajstić information content (AvgIpc) is 2.59. The number of hydrogen-bond acceptors (Lipinski definition) is 4. The Hall–Kier alpha value is -2.71. The predicted molar refractivity (Wildman–Crippen MR) is 82.0 cm³/mol. The van der Waals surface area contributed by atoms with E-state index in [2.05, 4.69) is 11.1 Å². The van der Waals surface area contributed by atoms with E-state index in [4.69, 9.17) is 10.00 Å². The quantitative estimate of drug-likeness (QED) is 0.819. The van der Waals surface area contributed by atoms with Crippen molar-refractivity contribution in [3.05, 3.63) is 65.5 Å². The predicted octanol–water partition coefficient (Wildman–Crippen LogP) is 2.24. The van der Waals surface area contributed by atoms with Gasteiger partial charge in [-0.25, -0.2) is 0 Å². The normalized spacial score (nSPS) is 10.0. The Morgan fingerprint density at radius 2 is 2.09 bits per heavy atom. The van der Waals surface area contributed by atoms with Crippen LogP contribution in [0.3, 0.4) is 0 Å². The Bertz CT molecular complexity index is 665. The first-order valence-electron chi connectivity index (χ1n) is 6.92. The summed E-state index contributed by atoms with van der Waals surface area (Å²) >= 11 is 0. The van der Waals surface area contributed by atoms with Crippen molar-refractivity contribution in [2.45, 2.75) is 6.54 Å². The van der Waals surface area contributed by atoms with Crippen LogP contribution in [0.4, 0.5) is 0 Å². The second kappa shape index (κ2) is 7.91.